The fraction of sp³-hybridized carbons (Fsp3) is 1.00. The molecule has 0 aliphatic carbocycles. The summed E-state index contributed by atoms with van der Waals surface area (Å²) < 4.78 is 0. The molecule has 140 valence electrons. The molecule has 0 heterocycles. The largest absolute Gasteiger partial charge is 0.0654 e. The van der Waals surface area contributed by atoms with Crippen LogP contribution in [0, 0.1) is 40.4 Å². The molecule has 0 rings (SSSR count). The SMILES string of the molecule is CCCC(C)C(C)C(CC)C(C)C(C)(C)C(CC)(CC)C(C)C. The van der Waals surface area contributed by atoms with Gasteiger partial charge in [0.15, 0.2) is 0 Å². The van der Waals surface area contributed by atoms with Crippen molar-refractivity contribution in [2.45, 2.75) is 108 Å². The summed E-state index contributed by atoms with van der Waals surface area (Å²) in [6, 6.07) is 0. The summed E-state index contributed by atoms with van der Waals surface area (Å²) in [7, 11) is 0. The molecule has 0 amide bonds. The van der Waals surface area contributed by atoms with Crippen molar-refractivity contribution in [1.29, 1.82) is 0 Å². The molecule has 0 spiro atoms. The van der Waals surface area contributed by atoms with Gasteiger partial charge in [0.2, 0.25) is 0 Å². The molecule has 4 unspecified atom stereocenters. The van der Waals surface area contributed by atoms with Crippen molar-refractivity contribution >= 4 is 0 Å². The van der Waals surface area contributed by atoms with E-state index in [9.17, 15) is 0 Å². The molecule has 23 heavy (non-hydrogen) atoms. The van der Waals surface area contributed by atoms with E-state index in [2.05, 4.69) is 76.2 Å². The van der Waals surface area contributed by atoms with Crippen molar-refractivity contribution in [2.24, 2.45) is 40.4 Å². The van der Waals surface area contributed by atoms with E-state index in [1.807, 2.05) is 0 Å². The van der Waals surface area contributed by atoms with Crippen LogP contribution >= 0.6 is 0 Å². The first-order chi connectivity index (χ1) is 10.6. The van der Waals surface area contributed by atoms with Crippen LogP contribution in [0.25, 0.3) is 0 Å². The highest BCUT2D eigenvalue weighted by molar-refractivity contribution is 4.98. The Morgan fingerprint density at radius 1 is 0.783 bits per heavy atom. The van der Waals surface area contributed by atoms with E-state index in [0.717, 1.165) is 29.6 Å². The van der Waals surface area contributed by atoms with Crippen molar-refractivity contribution in [3.63, 3.8) is 0 Å². The predicted molar refractivity (Wildman–Crippen MR) is 108 cm³/mol. The Balaban J connectivity index is 5.60. The van der Waals surface area contributed by atoms with Gasteiger partial charge in [0.1, 0.15) is 0 Å². The normalized spacial score (nSPS) is 18.8. The van der Waals surface area contributed by atoms with Gasteiger partial charge in [0, 0.05) is 0 Å². The van der Waals surface area contributed by atoms with Crippen LogP contribution in [0.15, 0.2) is 0 Å². The summed E-state index contributed by atoms with van der Waals surface area (Å²) in [5.41, 5.74) is 0.832. The molecule has 0 radical (unpaired) electrons. The number of rotatable bonds is 11. The lowest BCUT2D eigenvalue weighted by atomic mass is 9.50. The van der Waals surface area contributed by atoms with Gasteiger partial charge in [-0.3, -0.25) is 0 Å². The minimum absolute atomic E-state index is 0.380. The van der Waals surface area contributed by atoms with E-state index in [-0.39, 0.29) is 0 Å². The molecule has 0 aliphatic rings. The van der Waals surface area contributed by atoms with Crippen molar-refractivity contribution in [2.75, 3.05) is 0 Å². The second kappa shape index (κ2) is 9.47. The summed E-state index contributed by atoms with van der Waals surface area (Å²) in [6.07, 6.45) is 6.62. The standard InChI is InChI=1S/C23H48/c1-12-16-18(7)19(8)21(13-2)20(9)22(10,11)23(14-3,15-4)17(5)6/h17-21H,12-16H2,1-11H3. The summed E-state index contributed by atoms with van der Waals surface area (Å²) in [5.74, 6) is 4.02. The van der Waals surface area contributed by atoms with E-state index in [4.69, 9.17) is 0 Å². The van der Waals surface area contributed by atoms with Crippen LogP contribution in [0.2, 0.25) is 0 Å². The molecule has 0 fully saturated rings. The Morgan fingerprint density at radius 2 is 1.26 bits per heavy atom. The lowest BCUT2D eigenvalue weighted by molar-refractivity contribution is -0.0652. The van der Waals surface area contributed by atoms with Crippen molar-refractivity contribution in [3.05, 3.63) is 0 Å². The van der Waals surface area contributed by atoms with Crippen LogP contribution < -0.4 is 0 Å². The first kappa shape index (κ1) is 23.0. The van der Waals surface area contributed by atoms with Crippen LogP contribution in [-0.2, 0) is 0 Å². The third kappa shape index (κ3) is 4.55. The Labute approximate surface area is 149 Å². The number of hydrogen-bond acceptors (Lipinski definition) is 0. The lowest BCUT2D eigenvalue weighted by Gasteiger charge is -2.55. The van der Waals surface area contributed by atoms with Gasteiger partial charge in [0.05, 0.1) is 0 Å². The van der Waals surface area contributed by atoms with Crippen LogP contribution in [-0.4, -0.2) is 0 Å². The van der Waals surface area contributed by atoms with E-state index in [0.29, 0.717) is 10.8 Å². The maximum Gasteiger partial charge on any atom is -0.0226 e. The maximum atomic E-state index is 2.57. The molecule has 4 atom stereocenters. The monoisotopic (exact) mass is 324 g/mol. The zero-order valence-electron chi connectivity index (χ0n) is 18.4. The Bertz CT molecular complexity index is 308. The van der Waals surface area contributed by atoms with Gasteiger partial charge in [-0.05, 0) is 53.3 Å². The third-order valence-electron chi connectivity index (χ3n) is 8.22. The fourth-order valence-electron chi connectivity index (χ4n) is 6.03. The molecule has 0 bridgehead atoms. The van der Waals surface area contributed by atoms with Crippen molar-refractivity contribution in [1.82, 2.24) is 0 Å². The second-order valence-corrected chi connectivity index (χ2v) is 9.23. The topological polar surface area (TPSA) is 0 Å². The minimum Gasteiger partial charge on any atom is -0.0654 e. The van der Waals surface area contributed by atoms with Gasteiger partial charge in [-0.1, -0.05) is 95.4 Å². The molecule has 0 aromatic rings. The van der Waals surface area contributed by atoms with Crippen LogP contribution in [0.3, 0.4) is 0 Å². The molecule has 0 heteroatoms. The molecule has 0 saturated heterocycles. The quantitative estimate of drug-likeness (QED) is 0.359. The molecule has 0 aromatic heterocycles. The average Bonchev–Trinajstić information content (AvgIpc) is 2.49. The summed E-state index contributed by atoms with van der Waals surface area (Å²) in [6.45, 7) is 27.2. The molecular weight excluding hydrogens is 276 g/mol. The molecule has 0 N–H and O–H groups in total. The lowest BCUT2D eigenvalue weighted by Crippen LogP contribution is -2.48. The number of hydrogen-bond donors (Lipinski definition) is 0. The van der Waals surface area contributed by atoms with Crippen molar-refractivity contribution < 1.29 is 0 Å². The predicted octanol–water partition coefficient (Wildman–Crippen LogP) is 8.21. The Hall–Kier alpha value is 0. The summed E-state index contributed by atoms with van der Waals surface area (Å²) >= 11 is 0. The third-order valence-corrected chi connectivity index (χ3v) is 8.22. The highest BCUT2D eigenvalue weighted by atomic mass is 14.5. The van der Waals surface area contributed by atoms with Crippen LogP contribution in [0.4, 0.5) is 0 Å². The minimum atomic E-state index is 0.380. The van der Waals surface area contributed by atoms with Crippen LogP contribution in [0.5, 0.6) is 0 Å². The first-order valence-corrected chi connectivity index (χ1v) is 10.6. The fourth-order valence-corrected chi connectivity index (χ4v) is 6.03. The molecule has 0 aromatic carbocycles. The Kier molecular flexibility index (Phi) is 9.47. The maximum absolute atomic E-state index is 2.57. The molecule has 0 nitrogen and oxygen atoms in total. The van der Waals surface area contributed by atoms with Crippen LogP contribution in [0.1, 0.15) is 108 Å². The van der Waals surface area contributed by atoms with E-state index >= 15 is 0 Å². The zero-order chi connectivity index (χ0) is 18.4. The highest BCUT2D eigenvalue weighted by Crippen LogP contribution is 2.57. The highest BCUT2D eigenvalue weighted by Gasteiger charge is 2.49. The second-order valence-electron chi connectivity index (χ2n) is 9.23. The van der Waals surface area contributed by atoms with Gasteiger partial charge in [-0.2, -0.15) is 0 Å². The Morgan fingerprint density at radius 3 is 1.57 bits per heavy atom. The van der Waals surface area contributed by atoms with E-state index < -0.39 is 0 Å². The van der Waals surface area contributed by atoms with Crippen molar-refractivity contribution in [3.8, 4) is 0 Å². The van der Waals surface area contributed by atoms with E-state index in [1.54, 1.807) is 0 Å². The molecule has 0 aliphatic heterocycles. The van der Waals surface area contributed by atoms with Gasteiger partial charge < -0.3 is 0 Å². The van der Waals surface area contributed by atoms with E-state index in [1.165, 1.54) is 32.1 Å². The summed E-state index contributed by atoms with van der Waals surface area (Å²) in [5, 5.41) is 0. The van der Waals surface area contributed by atoms with Gasteiger partial charge in [0.25, 0.3) is 0 Å². The molecular formula is C23H48. The smallest absolute Gasteiger partial charge is 0.0226 e. The average molecular weight is 325 g/mol. The van der Waals surface area contributed by atoms with Gasteiger partial charge in [-0.25, -0.2) is 0 Å². The summed E-state index contributed by atoms with van der Waals surface area (Å²) in [4.78, 5) is 0. The zero-order valence-corrected chi connectivity index (χ0v) is 18.4. The first-order valence-electron chi connectivity index (χ1n) is 10.6. The van der Waals surface area contributed by atoms with Gasteiger partial charge in [-0.15, -0.1) is 0 Å². The molecule has 0 saturated carbocycles. The van der Waals surface area contributed by atoms with Gasteiger partial charge >= 0.3 is 0 Å².